The lowest BCUT2D eigenvalue weighted by Crippen LogP contribution is -2.27. The third kappa shape index (κ3) is 3.98. The number of phenolic OH excluding ortho intramolecular Hbond substituents is 1. The van der Waals surface area contributed by atoms with E-state index in [-0.39, 0.29) is 5.75 Å². The van der Waals surface area contributed by atoms with Crippen LogP contribution in [0, 0.1) is 13.8 Å². The van der Waals surface area contributed by atoms with E-state index in [4.69, 9.17) is 4.74 Å². The average Bonchev–Trinajstić information content (AvgIpc) is 2.11. The molecule has 0 unspecified atom stereocenters. The summed E-state index contributed by atoms with van der Waals surface area (Å²) < 4.78 is 5.15. The van der Waals surface area contributed by atoms with Gasteiger partial charge in [0.2, 0.25) is 0 Å². The largest absolute Gasteiger partial charge is 0.508 e. The van der Waals surface area contributed by atoms with E-state index in [2.05, 4.69) is 5.32 Å². The van der Waals surface area contributed by atoms with Crippen molar-refractivity contribution in [1.29, 1.82) is 0 Å². The molecule has 0 aliphatic heterocycles. The lowest BCUT2D eigenvalue weighted by molar-refractivity contribution is 0.0636. The van der Waals surface area contributed by atoms with Crippen molar-refractivity contribution in [2.24, 2.45) is 0 Å². The van der Waals surface area contributed by atoms with Gasteiger partial charge in [-0.05, 0) is 57.9 Å². The molecular weight excluding hydrogens is 218 g/mol. The molecule has 0 aliphatic carbocycles. The first-order chi connectivity index (χ1) is 7.69. The van der Waals surface area contributed by atoms with Gasteiger partial charge in [0.05, 0.1) is 0 Å². The predicted octanol–water partition coefficient (Wildman–Crippen LogP) is 3.36. The van der Waals surface area contributed by atoms with E-state index in [1.54, 1.807) is 19.1 Å². The van der Waals surface area contributed by atoms with Crippen LogP contribution >= 0.6 is 0 Å². The highest BCUT2D eigenvalue weighted by Gasteiger charge is 2.17. The molecule has 94 valence electrons. The van der Waals surface area contributed by atoms with Crippen molar-refractivity contribution in [1.82, 2.24) is 0 Å². The van der Waals surface area contributed by atoms with Crippen molar-refractivity contribution in [3.8, 4) is 5.75 Å². The van der Waals surface area contributed by atoms with Crippen molar-refractivity contribution < 1.29 is 14.6 Å². The summed E-state index contributed by atoms with van der Waals surface area (Å²) in [6.45, 7) is 9.01. The topological polar surface area (TPSA) is 58.6 Å². The van der Waals surface area contributed by atoms with Gasteiger partial charge >= 0.3 is 6.09 Å². The molecule has 0 radical (unpaired) electrons. The van der Waals surface area contributed by atoms with E-state index in [0.29, 0.717) is 11.3 Å². The Hall–Kier alpha value is -1.71. The Morgan fingerprint density at radius 1 is 1.24 bits per heavy atom. The molecule has 0 heterocycles. The number of amides is 1. The zero-order valence-corrected chi connectivity index (χ0v) is 10.9. The van der Waals surface area contributed by atoms with Crippen LogP contribution < -0.4 is 5.32 Å². The zero-order valence-electron chi connectivity index (χ0n) is 10.9. The fourth-order valence-corrected chi connectivity index (χ4v) is 1.35. The van der Waals surface area contributed by atoms with Crippen LogP contribution in [-0.4, -0.2) is 16.8 Å². The molecule has 0 aromatic heterocycles. The number of aryl methyl sites for hydroxylation is 2. The molecule has 1 amide bonds. The van der Waals surface area contributed by atoms with Gasteiger partial charge < -0.3 is 9.84 Å². The second kappa shape index (κ2) is 4.65. The molecule has 0 aliphatic rings. The number of benzene rings is 1. The molecule has 4 heteroatoms. The summed E-state index contributed by atoms with van der Waals surface area (Å²) in [5.41, 5.74) is 1.62. The van der Waals surface area contributed by atoms with Crippen molar-refractivity contribution in [2.45, 2.75) is 40.2 Å². The smallest absolute Gasteiger partial charge is 0.412 e. The summed E-state index contributed by atoms with van der Waals surface area (Å²) in [5.74, 6) is 0.220. The number of nitrogens with one attached hydrogen (secondary N) is 1. The molecule has 2 N–H and O–H groups in total. The average molecular weight is 237 g/mol. The Balaban J connectivity index is 2.82. The van der Waals surface area contributed by atoms with E-state index in [1.807, 2.05) is 27.7 Å². The maximum absolute atomic E-state index is 11.6. The van der Waals surface area contributed by atoms with Gasteiger partial charge in [0.25, 0.3) is 0 Å². The molecule has 17 heavy (non-hydrogen) atoms. The maximum Gasteiger partial charge on any atom is 0.412 e. The second-order valence-corrected chi connectivity index (χ2v) is 5.08. The summed E-state index contributed by atoms with van der Waals surface area (Å²) in [6.07, 6.45) is -0.495. The van der Waals surface area contributed by atoms with E-state index in [9.17, 15) is 9.90 Å². The van der Waals surface area contributed by atoms with Crippen LogP contribution in [0.5, 0.6) is 5.75 Å². The SMILES string of the molecule is Cc1cc(NC(=O)OC(C)(C)C)c(C)cc1O. The molecule has 0 saturated carbocycles. The minimum atomic E-state index is -0.524. The Morgan fingerprint density at radius 2 is 1.82 bits per heavy atom. The first-order valence-corrected chi connectivity index (χ1v) is 5.49. The normalized spacial score (nSPS) is 11.1. The van der Waals surface area contributed by atoms with Gasteiger partial charge in [-0.3, -0.25) is 5.32 Å². The van der Waals surface area contributed by atoms with Crippen molar-refractivity contribution in [2.75, 3.05) is 5.32 Å². The van der Waals surface area contributed by atoms with Gasteiger partial charge in [-0.15, -0.1) is 0 Å². The number of hydrogen-bond acceptors (Lipinski definition) is 3. The molecule has 1 rings (SSSR count). The number of rotatable bonds is 1. The van der Waals surface area contributed by atoms with Crippen LogP contribution in [0.3, 0.4) is 0 Å². The second-order valence-electron chi connectivity index (χ2n) is 5.08. The molecule has 0 atom stereocenters. The summed E-state index contributed by atoms with van der Waals surface area (Å²) in [5, 5.41) is 12.2. The first kappa shape index (κ1) is 13.4. The van der Waals surface area contributed by atoms with Crippen LogP contribution in [0.1, 0.15) is 31.9 Å². The lowest BCUT2D eigenvalue weighted by atomic mass is 10.1. The third-order valence-corrected chi connectivity index (χ3v) is 2.18. The van der Waals surface area contributed by atoms with Crippen molar-refractivity contribution in [3.05, 3.63) is 23.3 Å². The summed E-state index contributed by atoms with van der Waals surface area (Å²) in [7, 11) is 0. The molecule has 1 aromatic carbocycles. The lowest BCUT2D eigenvalue weighted by Gasteiger charge is -2.20. The fourth-order valence-electron chi connectivity index (χ4n) is 1.35. The monoisotopic (exact) mass is 237 g/mol. The number of ether oxygens (including phenoxy) is 1. The van der Waals surface area contributed by atoms with Crippen molar-refractivity contribution in [3.63, 3.8) is 0 Å². The van der Waals surface area contributed by atoms with E-state index in [1.165, 1.54) is 0 Å². The van der Waals surface area contributed by atoms with Gasteiger partial charge in [0.15, 0.2) is 0 Å². The number of carbonyl (C=O) groups is 1. The quantitative estimate of drug-likeness (QED) is 0.736. The van der Waals surface area contributed by atoms with Crippen LogP contribution in [0.15, 0.2) is 12.1 Å². The number of anilines is 1. The summed E-state index contributed by atoms with van der Waals surface area (Å²) in [6, 6.07) is 3.33. The fraction of sp³-hybridized carbons (Fsp3) is 0.462. The third-order valence-electron chi connectivity index (χ3n) is 2.18. The Kier molecular flexibility index (Phi) is 3.66. The number of carbonyl (C=O) groups excluding carboxylic acids is 1. The highest BCUT2D eigenvalue weighted by molar-refractivity contribution is 5.86. The van der Waals surface area contributed by atoms with Crippen LogP contribution in [-0.2, 0) is 4.74 Å². The van der Waals surface area contributed by atoms with Gasteiger partial charge in [-0.1, -0.05) is 0 Å². The molecule has 0 bridgehead atoms. The van der Waals surface area contributed by atoms with Crippen LogP contribution in [0.2, 0.25) is 0 Å². The first-order valence-electron chi connectivity index (χ1n) is 5.49. The number of phenols is 1. The number of aromatic hydroxyl groups is 1. The maximum atomic E-state index is 11.6. The zero-order chi connectivity index (χ0) is 13.2. The Morgan fingerprint density at radius 3 is 2.35 bits per heavy atom. The molecule has 4 nitrogen and oxygen atoms in total. The highest BCUT2D eigenvalue weighted by Crippen LogP contribution is 2.25. The predicted molar refractivity (Wildman–Crippen MR) is 67.4 cm³/mol. The molecule has 0 fully saturated rings. The summed E-state index contributed by atoms with van der Waals surface area (Å²) in [4.78, 5) is 11.6. The van der Waals surface area contributed by atoms with Crippen LogP contribution in [0.4, 0.5) is 10.5 Å². The Labute approximate surface area is 102 Å². The highest BCUT2D eigenvalue weighted by atomic mass is 16.6. The van der Waals surface area contributed by atoms with E-state index < -0.39 is 11.7 Å². The minimum Gasteiger partial charge on any atom is -0.508 e. The van der Waals surface area contributed by atoms with Crippen LogP contribution in [0.25, 0.3) is 0 Å². The van der Waals surface area contributed by atoms with Gasteiger partial charge in [0.1, 0.15) is 11.4 Å². The molecule has 0 saturated heterocycles. The number of hydrogen-bond donors (Lipinski definition) is 2. The molecular formula is C13H19NO3. The van der Waals surface area contributed by atoms with E-state index in [0.717, 1.165) is 5.56 Å². The summed E-state index contributed by atoms with van der Waals surface area (Å²) >= 11 is 0. The van der Waals surface area contributed by atoms with Gasteiger partial charge in [0, 0.05) is 5.69 Å². The molecule has 1 aromatic rings. The minimum absolute atomic E-state index is 0.220. The Bertz CT molecular complexity index is 433. The standard InChI is InChI=1S/C13H19NO3/c1-8-7-11(15)9(2)6-10(8)14-12(16)17-13(3,4)5/h6-7,15H,1-5H3,(H,14,16). The van der Waals surface area contributed by atoms with Gasteiger partial charge in [-0.2, -0.15) is 0 Å². The van der Waals surface area contributed by atoms with Crippen molar-refractivity contribution >= 4 is 11.8 Å². The van der Waals surface area contributed by atoms with E-state index >= 15 is 0 Å². The molecule has 0 spiro atoms. The van der Waals surface area contributed by atoms with Gasteiger partial charge in [-0.25, -0.2) is 4.79 Å².